The third-order valence-corrected chi connectivity index (χ3v) is 4.46. The normalized spacial score (nSPS) is 17.6. The number of rotatable bonds is 2. The number of methoxy groups -OCH3 is 1. The Hall–Kier alpha value is -0.590. The SMILES string of the molecule is COC(=O)C1(n2nc(C)c(I)c2C)CC1. The Morgan fingerprint density at radius 1 is 1.53 bits per heavy atom. The zero-order valence-electron chi connectivity index (χ0n) is 9.00. The molecule has 2 rings (SSSR count). The van der Waals surface area contributed by atoms with Crippen molar-refractivity contribution in [2.45, 2.75) is 32.2 Å². The molecule has 1 aromatic heterocycles. The van der Waals surface area contributed by atoms with Gasteiger partial charge in [0.25, 0.3) is 0 Å². The Labute approximate surface area is 102 Å². The average Bonchev–Trinajstić information content (AvgIpc) is 2.99. The number of hydrogen-bond acceptors (Lipinski definition) is 3. The van der Waals surface area contributed by atoms with Crippen LogP contribution in [0.4, 0.5) is 0 Å². The molecule has 82 valence electrons. The standard InChI is InChI=1S/C10H13IN2O2/c1-6-8(11)7(2)13(12-6)10(4-5-10)9(14)15-3/h4-5H2,1-3H3. The topological polar surface area (TPSA) is 44.1 Å². The van der Waals surface area contributed by atoms with Crippen LogP contribution < -0.4 is 0 Å². The van der Waals surface area contributed by atoms with Gasteiger partial charge >= 0.3 is 5.97 Å². The largest absolute Gasteiger partial charge is 0.467 e. The Balaban J connectivity index is 2.46. The van der Waals surface area contributed by atoms with Crippen molar-refractivity contribution >= 4 is 28.6 Å². The van der Waals surface area contributed by atoms with E-state index < -0.39 is 5.54 Å². The smallest absolute Gasteiger partial charge is 0.333 e. The lowest BCUT2D eigenvalue weighted by molar-refractivity contribution is -0.146. The van der Waals surface area contributed by atoms with Crippen molar-refractivity contribution in [3.05, 3.63) is 15.0 Å². The number of ether oxygens (including phenoxy) is 1. The molecule has 0 spiro atoms. The minimum absolute atomic E-state index is 0.176. The molecule has 0 saturated heterocycles. The van der Waals surface area contributed by atoms with Gasteiger partial charge in [0.1, 0.15) is 0 Å². The van der Waals surface area contributed by atoms with Crippen LogP contribution in [0.1, 0.15) is 24.2 Å². The predicted molar refractivity (Wildman–Crippen MR) is 63.6 cm³/mol. The Kier molecular flexibility index (Phi) is 2.52. The summed E-state index contributed by atoms with van der Waals surface area (Å²) >= 11 is 2.26. The Morgan fingerprint density at radius 2 is 2.13 bits per heavy atom. The van der Waals surface area contributed by atoms with Crippen LogP contribution in [-0.4, -0.2) is 22.9 Å². The fraction of sp³-hybridized carbons (Fsp3) is 0.600. The highest BCUT2D eigenvalue weighted by atomic mass is 127. The molecule has 1 saturated carbocycles. The van der Waals surface area contributed by atoms with Crippen LogP contribution in [0.25, 0.3) is 0 Å². The van der Waals surface area contributed by atoms with E-state index in [4.69, 9.17) is 4.74 Å². The van der Waals surface area contributed by atoms with Crippen LogP contribution in [0.5, 0.6) is 0 Å². The number of carbonyl (C=O) groups excluding carboxylic acids is 1. The molecule has 0 bridgehead atoms. The van der Waals surface area contributed by atoms with Crippen LogP contribution in [0.3, 0.4) is 0 Å². The zero-order valence-corrected chi connectivity index (χ0v) is 11.2. The number of hydrogen-bond donors (Lipinski definition) is 0. The van der Waals surface area contributed by atoms with Crippen molar-refractivity contribution in [3.63, 3.8) is 0 Å². The van der Waals surface area contributed by atoms with Crippen LogP contribution in [0.2, 0.25) is 0 Å². The summed E-state index contributed by atoms with van der Waals surface area (Å²) in [4.78, 5) is 11.7. The molecule has 0 aliphatic heterocycles. The van der Waals surface area contributed by atoms with Gasteiger partial charge in [-0.2, -0.15) is 5.10 Å². The van der Waals surface area contributed by atoms with Gasteiger partial charge in [0, 0.05) is 0 Å². The number of halogens is 1. The van der Waals surface area contributed by atoms with Gasteiger partial charge in [0.15, 0.2) is 5.54 Å². The first-order valence-corrected chi connectivity index (χ1v) is 5.91. The number of aryl methyl sites for hydroxylation is 1. The molecule has 1 aliphatic rings. The third-order valence-electron chi connectivity index (χ3n) is 2.90. The van der Waals surface area contributed by atoms with Crippen molar-refractivity contribution < 1.29 is 9.53 Å². The van der Waals surface area contributed by atoms with E-state index in [0.717, 1.165) is 27.8 Å². The van der Waals surface area contributed by atoms with Gasteiger partial charge in [-0.05, 0) is 49.3 Å². The van der Waals surface area contributed by atoms with E-state index in [1.165, 1.54) is 7.11 Å². The second kappa shape index (κ2) is 3.47. The quantitative estimate of drug-likeness (QED) is 0.616. The van der Waals surface area contributed by atoms with Crippen molar-refractivity contribution in [2.75, 3.05) is 7.11 Å². The molecule has 0 N–H and O–H groups in total. The minimum atomic E-state index is -0.507. The number of nitrogens with zero attached hydrogens (tertiary/aromatic N) is 2. The second-order valence-corrected chi connectivity index (χ2v) is 5.00. The van der Waals surface area contributed by atoms with Gasteiger partial charge in [0.2, 0.25) is 0 Å². The first-order valence-electron chi connectivity index (χ1n) is 4.83. The average molecular weight is 320 g/mol. The van der Waals surface area contributed by atoms with E-state index in [1.54, 1.807) is 0 Å². The van der Waals surface area contributed by atoms with Gasteiger partial charge in [-0.3, -0.25) is 4.68 Å². The van der Waals surface area contributed by atoms with E-state index in [9.17, 15) is 4.79 Å². The van der Waals surface area contributed by atoms with Crippen LogP contribution in [0, 0.1) is 17.4 Å². The summed E-state index contributed by atoms with van der Waals surface area (Å²) < 4.78 is 7.79. The van der Waals surface area contributed by atoms with Crippen LogP contribution >= 0.6 is 22.6 Å². The maximum absolute atomic E-state index is 11.7. The Morgan fingerprint density at radius 3 is 2.47 bits per heavy atom. The number of aromatic nitrogens is 2. The molecule has 0 atom stereocenters. The molecule has 1 fully saturated rings. The summed E-state index contributed by atoms with van der Waals surface area (Å²) in [6.07, 6.45) is 1.66. The third kappa shape index (κ3) is 1.47. The van der Waals surface area contributed by atoms with Crippen molar-refractivity contribution in [2.24, 2.45) is 0 Å². The van der Waals surface area contributed by atoms with Gasteiger partial charge in [0.05, 0.1) is 22.1 Å². The lowest BCUT2D eigenvalue weighted by Gasteiger charge is -2.14. The summed E-state index contributed by atoms with van der Waals surface area (Å²) in [6.45, 7) is 3.95. The number of esters is 1. The lowest BCUT2D eigenvalue weighted by Crippen LogP contribution is -2.30. The maximum Gasteiger partial charge on any atom is 0.333 e. The highest BCUT2D eigenvalue weighted by Crippen LogP contribution is 2.45. The molecule has 15 heavy (non-hydrogen) atoms. The summed E-state index contributed by atoms with van der Waals surface area (Å²) in [7, 11) is 1.43. The summed E-state index contributed by atoms with van der Waals surface area (Å²) in [6, 6.07) is 0. The minimum Gasteiger partial charge on any atom is -0.467 e. The van der Waals surface area contributed by atoms with E-state index in [1.807, 2.05) is 18.5 Å². The first kappa shape index (κ1) is 10.9. The molecular weight excluding hydrogens is 307 g/mol. The Bertz CT molecular complexity index is 421. The van der Waals surface area contributed by atoms with Crippen LogP contribution in [0.15, 0.2) is 0 Å². The van der Waals surface area contributed by atoms with E-state index in [2.05, 4.69) is 27.7 Å². The molecule has 1 heterocycles. The monoisotopic (exact) mass is 320 g/mol. The molecule has 1 aliphatic carbocycles. The van der Waals surface area contributed by atoms with Crippen molar-refractivity contribution in [1.82, 2.24) is 9.78 Å². The molecular formula is C10H13IN2O2. The fourth-order valence-corrected chi connectivity index (χ4v) is 2.19. The van der Waals surface area contributed by atoms with Gasteiger partial charge in [-0.25, -0.2) is 4.79 Å². The van der Waals surface area contributed by atoms with E-state index in [-0.39, 0.29) is 5.97 Å². The zero-order chi connectivity index (χ0) is 11.2. The molecule has 4 nitrogen and oxygen atoms in total. The first-order chi connectivity index (χ1) is 7.03. The molecule has 5 heteroatoms. The molecule has 0 unspecified atom stereocenters. The molecule has 0 radical (unpaired) electrons. The van der Waals surface area contributed by atoms with E-state index in [0.29, 0.717) is 0 Å². The van der Waals surface area contributed by atoms with Crippen molar-refractivity contribution in [1.29, 1.82) is 0 Å². The highest BCUT2D eigenvalue weighted by Gasteiger charge is 2.54. The molecule has 0 amide bonds. The summed E-state index contributed by atoms with van der Waals surface area (Å²) in [5, 5.41) is 4.42. The lowest BCUT2D eigenvalue weighted by atomic mass is 10.2. The van der Waals surface area contributed by atoms with Gasteiger partial charge in [-0.15, -0.1) is 0 Å². The van der Waals surface area contributed by atoms with Crippen molar-refractivity contribution in [3.8, 4) is 0 Å². The maximum atomic E-state index is 11.7. The fourth-order valence-electron chi connectivity index (χ4n) is 1.85. The van der Waals surface area contributed by atoms with Gasteiger partial charge in [-0.1, -0.05) is 0 Å². The predicted octanol–water partition coefficient (Wildman–Crippen LogP) is 1.77. The number of carbonyl (C=O) groups is 1. The molecule has 0 aromatic carbocycles. The summed E-state index contributed by atoms with van der Waals surface area (Å²) in [5.74, 6) is -0.176. The van der Waals surface area contributed by atoms with Crippen LogP contribution in [-0.2, 0) is 15.1 Å². The van der Waals surface area contributed by atoms with Gasteiger partial charge < -0.3 is 4.74 Å². The highest BCUT2D eigenvalue weighted by molar-refractivity contribution is 14.1. The van der Waals surface area contributed by atoms with E-state index >= 15 is 0 Å². The second-order valence-electron chi connectivity index (χ2n) is 3.92. The molecule has 1 aromatic rings. The summed E-state index contributed by atoms with van der Waals surface area (Å²) in [5.41, 5.74) is 1.52.